The van der Waals surface area contributed by atoms with Gasteiger partial charge in [0.2, 0.25) is 0 Å². The van der Waals surface area contributed by atoms with Crippen molar-refractivity contribution in [1.82, 2.24) is 9.78 Å². The molecule has 0 radical (unpaired) electrons. The van der Waals surface area contributed by atoms with Gasteiger partial charge in [-0.25, -0.2) is 4.39 Å². The fourth-order valence-corrected chi connectivity index (χ4v) is 2.02. The molecule has 0 spiro atoms. The van der Waals surface area contributed by atoms with Crippen molar-refractivity contribution in [3.63, 3.8) is 0 Å². The van der Waals surface area contributed by atoms with Crippen molar-refractivity contribution in [2.45, 2.75) is 33.4 Å². The van der Waals surface area contributed by atoms with Gasteiger partial charge < -0.3 is 5.32 Å². The van der Waals surface area contributed by atoms with E-state index >= 15 is 0 Å². The maximum absolute atomic E-state index is 13.3. The number of aryl methyl sites for hydroxylation is 2. The molecule has 2 rings (SSSR count). The average Bonchev–Trinajstić information content (AvgIpc) is 2.82. The van der Waals surface area contributed by atoms with Crippen LogP contribution in [0.4, 0.5) is 10.1 Å². The third kappa shape index (κ3) is 3.26. The smallest absolute Gasteiger partial charge is 0.143 e. The first-order chi connectivity index (χ1) is 9.13. The van der Waals surface area contributed by atoms with E-state index in [2.05, 4.69) is 30.3 Å². The van der Waals surface area contributed by atoms with Crippen LogP contribution in [0.25, 0.3) is 0 Å². The van der Waals surface area contributed by atoms with Crippen LogP contribution >= 0.6 is 11.6 Å². The number of hydrogen-bond acceptors (Lipinski definition) is 2. The summed E-state index contributed by atoms with van der Waals surface area (Å²) in [4.78, 5) is 0. The number of anilines is 1. The summed E-state index contributed by atoms with van der Waals surface area (Å²) in [6.45, 7) is 5.57. The summed E-state index contributed by atoms with van der Waals surface area (Å²) < 4.78 is 15.3. The van der Waals surface area contributed by atoms with Crippen LogP contribution < -0.4 is 5.32 Å². The minimum absolute atomic E-state index is 0.136. The number of halogens is 2. The van der Waals surface area contributed by atoms with E-state index < -0.39 is 5.82 Å². The van der Waals surface area contributed by atoms with Gasteiger partial charge in [0.15, 0.2) is 0 Å². The van der Waals surface area contributed by atoms with Gasteiger partial charge in [-0.2, -0.15) is 5.10 Å². The van der Waals surface area contributed by atoms with Gasteiger partial charge in [0.25, 0.3) is 0 Å². The Kier molecular flexibility index (Phi) is 4.43. The highest BCUT2D eigenvalue weighted by Gasteiger charge is 2.06. The Morgan fingerprint density at radius 2 is 2.11 bits per heavy atom. The predicted octanol–water partition coefficient (Wildman–Crippen LogP) is 3.87. The maximum Gasteiger partial charge on any atom is 0.143 e. The third-order valence-corrected chi connectivity index (χ3v) is 3.28. The number of nitrogens with one attached hydrogen (secondary N) is 1. The van der Waals surface area contributed by atoms with Crippen LogP contribution in [0.1, 0.15) is 25.2 Å². The fraction of sp³-hybridized carbons (Fsp3) is 0.357. The molecule has 19 heavy (non-hydrogen) atoms. The molecule has 1 N–H and O–H groups in total. The SMILES string of the molecule is CCc1cc(CNc2ccc(Cl)c(F)c2)n(CC)n1. The van der Waals surface area contributed by atoms with Crippen LogP contribution in [-0.2, 0) is 19.5 Å². The van der Waals surface area contributed by atoms with Gasteiger partial charge in [-0.1, -0.05) is 18.5 Å². The van der Waals surface area contributed by atoms with E-state index in [0.717, 1.165) is 24.4 Å². The highest BCUT2D eigenvalue weighted by molar-refractivity contribution is 6.30. The number of rotatable bonds is 5. The molecule has 102 valence electrons. The molecule has 0 amide bonds. The highest BCUT2D eigenvalue weighted by Crippen LogP contribution is 2.19. The molecule has 0 aliphatic heterocycles. The summed E-state index contributed by atoms with van der Waals surface area (Å²) in [7, 11) is 0. The molecule has 0 saturated carbocycles. The lowest BCUT2D eigenvalue weighted by Gasteiger charge is -2.08. The summed E-state index contributed by atoms with van der Waals surface area (Å²) in [6.07, 6.45) is 0.912. The van der Waals surface area contributed by atoms with Gasteiger partial charge in [0, 0.05) is 12.2 Å². The molecule has 1 heterocycles. The van der Waals surface area contributed by atoms with Crippen molar-refractivity contribution >= 4 is 17.3 Å². The molecule has 1 aromatic heterocycles. The topological polar surface area (TPSA) is 29.9 Å². The molecule has 0 unspecified atom stereocenters. The zero-order valence-electron chi connectivity index (χ0n) is 11.1. The molecule has 3 nitrogen and oxygen atoms in total. The Morgan fingerprint density at radius 3 is 2.74 bits per heavy atom. The molecule has 2 aromatic rings. The van der Waals surface area contributed by atoms with Gasteiger partial charge in [0.1, 0.15) is 5.82 Å². The molecule has 0 aliphatic rings. The van der Waals surface area contributed by atoms with Crippen LogP contribution in [0.3, 0.4) is 0 Å². The lowest BCUT2D eigenvalue weighted by molar-refractivity contribution is 0.618. The van der Waals surface area contributed by atoms with Crippen molar-refractivity contribution in [3.8, 4) is 0 Å². The molecule has 0 saturated heterocycles. The third-order valence-electron chi connectivity index (χ3n) is 2.97. The Labute approximate surface area is 117 Å². The average molecular weight is 282 g/mol. The first-order valence-corrected chi connectivity index (χ1v) is 6.76. The molecule has 0 fully saturated rings. The summed E-state index contributed by atoms with van der Waals surface area (Å²) >= 11 is 5.65. The lowest BCUT2D eigenvalue weighted by Crippen LogP contribution is -2.08. The van der Waals surface area contributed by atoms with E-state index in [1.165, 1.54) is 6.07 Å². The highest BCUT2D eigenvalue weighted by atomic mass is 35.5. The molecular weight excluding hydrogens is 265 g/mol. The van der Waals surface area contributed by atoms with Crippen molar-refractivity contribution in [1.29, 1.82) is 0 Å². The second-order valence-electron chi connectivity index (χ2n) is 4.28. The van der Waals surface area contributed by atoms with E-state index in [1.54, 1.807) is 12.1 Å². The summed E-state index contributed by atoms with van der Waals surface area (Å²) in [6, 6.07) is 6.78. The Balaban J connectivity index is 2.09. The Morgan fingerprint density at radius 1 is 1.32 bits per heavy atom. The van der Waals surface area contributed by atoms with Crippen LogP contribution in [0.15, 0.2) is 24.3 Å². The largest absolute Gasteiger partial charge is 0.379 e. The summed E-state index contributed by atoms with van der Waals surface area (Å²) in [5.41, 5.74) is 2.87. The maximum atomic E-state index is 13.3. The van der Waals surface area contributed by atoms with Crippen LogP contribution in [-0.4, -0.2) is 9.78 Å². The molecule has 5 heteroatoms. The fourth-order valence-electron chi connectivity index (χ4n) is 1.90. The van der Waals surface area contributed by atoms with Crippen molar-refractivity contribution < 1.29 is 4.39 Å². The van der Waals surface area contributed by atoms with Crippen LogP contribution in [0, 0.1) is 5.82 Å². The molecule has 1 aromatic carbocycles. The first-order valence-electron chi connectivity index (χ1n) is 6.38. The summed E-state index contributed by atoms with van der Waals surface area (Å²) in [5.74, 6) is -0.412. The van der Waals surface area contributed by atoms with Gasteiger partial charge in [0.05, 0.1) is 23.0 Å². The zero-order valence-corrected chi connectivity index (χ0v) is 11.8. The second-order valence-corrected chi connectivity index (χ2v) is 4.69. The Hall–Kier alpha value is -1.55. The Bertz CT molecular complexity index is 566. The van der Waals surface area contributed by atoms with Crippen LogP contribution in [0.2, 0.25) is 5.02 Å². The van der Waals surface area contributed by atoms with E-state index in [1.807, 2.05) is 4.68 Å². The van der Waals surface area contributed by atoms with E-state index in [4.69, 9.17) is 11.6 Å². The quantitative estimate of drug-likeness (QED) is 0.902. The zero-order chi connectivity index (χ0) is 13.8. The molecule has 0 bridgehead atoms. The number of aromatic nitrogens is 2. The van der Waals surface area contributed by atoms with Gasteiger partial charge in [-0.3, -0.25) is 4.68 Å². The van der Waals surface area contributed by atoms with Crippen molar-refractivity contribution in [3.05, 3.63) is 46.5 Å². The number of benzene rings is 1. The monoisotopic (exact) mass is 281 g/mol. The number of nitrogens with zero attached hydrogens (tertiary/aromatic N) is 2. The van der Waals surface area contributed by atoms with Crippen molar-refractivity contribution in [2.75, 3.05) is 5.32 Å². The minimum Gasteiger partial charge on any atom is -0.379 e. The minimum atomic E-state index is -0.412. The van der Waals surface area contributed by atoms with E-state index in [0.29, 0.717) is 12.2 Å². The van der Waals surface area contributed by atoms with Gasteiger partial charge >= 0.3 is 0 Å². The summed E-state index contributed by atoms with van der Waals surface area (Å²) in [5, 5.41) is 7.79. The molecule has 0 aliphatic carbocycles. The van der Waals surface area contributed by atoms with Gasteiger partial charge in [-0.15, -0.1) is 0 Å². The number of hydrogen-bond donors (Lipinski definition) is 1. The standard InChI is InChI=1S/C14H17ClFN3/c1-3-10-7-12(19(4-2)18-10)9-17-11-5-6-13(15)14(16)8-11/h5-8,17H,3-4,9H2,1-2H3. The van der Waals surface area contributed by atoms with E-state index in [-0.39, 0.29) is 5.02 Å². The second kappa shape index (κ2) is 6.06. The molecular formula is C14H17ClFN3. The lowest BCUT2D eigenvalue weighted by atomic mass is 10.2. The van der Waals surface area contributed by atoms with Gasteiger partial charge in [-0.05, 0) is 37.6 Å². The van der Waals surface area contributed by atoms with Crippen LogP contribution in [0.5, 0.6) is 0 Å². The normalized spacial score (nSPS) is 10.7. The van der Waals surface area contributed by atoms with Crippen molar-refractivity contribution in [2.24, 2.45) is 0 Å². The van der Waals surface area contributed by atoms with E-state index in [9.17, 15) is 4.39 Å². The first kappa shape index (κ1) is 13.9. The predicted molar refractivity (Wildman–Crippen MR) is 76.0 cm³/mol. The molecule has 0 atom stereocenters.